The largest absolute Gasteiger partial charge is 0.480 e. The standard InChI is InChI=1S/C26H26N2O6/c1-2-3-6-19-13-14-22(24(31)27-15-23(29)30)25(32)28(19)16-17-9-11-18(12-10-17)20-7-4-5-8-21(20)26(33)34/h4-5,7-14H,2-3,6,15-16H2,1H3,(H,27,31)(H,29,30)(H,33,34). The zero-order valence-electron chi connectivity index (χ0n) is 18.8. The number of carbonyl (C=O) groups excluding carboxylic acids is 1. The van der Waals surface area contributed by atoms with E-state index in [1.807, 2.05) is 19.1 Å². The average Bonchev–Trinajstić information content (AvgIpc) is 2.83. The summed E-state index contributed by atoms with van der Waals surface area (Å²) < 4.78 is 1.53. The van der Waals surface area contributed by atoms with Crippen molar-refractivity contribution >= 4 is 17.8 Å². The molecule has 34 heavy (non-hydrogen) atoms. The van der Waals surface area contributed by atoms with Gasteiger partial charge in [0.15, 0.2) is 0 Å². The molecule has 0 saturated carbocycles. The minimum Gasteiger partial charge on any atom is -0.480 e. The van der Waals surface area contributed by atoms with Gasteiger partial charge in [0.25, 0.3) is 11.5 Å². The molecule has 0 saturated heterocycles. The van der Waals surface area contributed by atoms with Crippen molar-refractivity contribution in [2.24, 2.45) is 0 Å². The predicted molar refractivity (Wildman–Crippen MR) is 127 cm³/mol. The van der Waals surface area contributed by atoms with Crippen molar-refractivity contribution in [3.8, 4) is 11.1 Å². The summed E-state index contributed by atoms with van der Waals surface area (Å²) in [5, 5.41) is 20.5. The van der Waals surface area contributed by atoms with Crippen LogP contribution < -0.4 is 10.9 Å². The normalized spacial score (nSPS) is 10.6. The predicted octanol–water partition coefficient (Wildman–Crippen LogP) is 3.42. The fourth-order valence-electron chi connectivity index (χ4n) is 3.68. The van der Waals surface area contributed by atoms with E-state index in [4.69, 9.17) is 5.11 Å². The summed E-state index contributed by atoms with van der Waals surface area (Å²) in [6.07, 6.45) is 2.47. The monoisotopic (exact) mass is 462 g/mol. The second-order valence-electron chi connectivity index (χ2n) is 7.86. The molecule has 2 aromatic carbocycles. The SMILES string of the molecule is CCCCc1ccc(C(=O)NCC(=O)O)c(=O)n1Cc1ccc(-c2ccccc2C(=O)O)cc1. The number of pyridine rings is 1. The lowest BCUT2D eigenvalue weighted by atomic mass is 9.98. The Morgan fingerprint density at radius 3 is 2.26 bits per heavy atom. The summed E-state index contributed by atoms with van der Waals surface area (Å²) in [5.74, 6) is -2.94. The van der Waals surface area contributed by atoms with Crippen LogP contribution in [0.4, 0.5) is 0 Å². The lowest BCUT2D eigenvalue weighted by Crippen LogP contribution is -2.36. The highest BCUT2D eigenvalue weighted by atomic mass is 16.4. The molecule has 0 aliphatic heterocycles. The van der Waals surface area contributed by atoms with Crippen LogP contribution in [-0.4, -0.2) is 39.2 Å². The number of carbonyl (C=O) groups is 3. The van der Waals surface area contributed by atoms with Gasteiger partial charge in [-0.15, -0.1) is 0 Å². The topological polar surface area (TPSA) is 126 Å². The van der Waals surface area contributed by atoms with E-state index in [1.165, 1.54) is 10.6 Å². The summed E-state index contributed by atoms with van der Waals surface area (Å²) in [4.78, 5) is 47.8. The quantitative estimate of drug-likeness (QED) is 0.424. The summed E-state index contributed by atoms with van der Waals surface area (Å²) in [7, 11) is 0. The van der Waals surface area contributed by atoms with Crippen molar-refractivity contribution in [3.05, 3.63) is 93.4 Å². The Hall–Kier alpha value is -4.20. The van der Waals surface area contributed by atoms with Gasteiger partial charge in [-0.3, -0.25) is 14.4 Å². The Labute approximate surface area is 196 Å². The maximum Gasteiger partial charge on any atom is 0.336 e. The van der Waals surface area contributed by atoms with Crippen LogP contribution >= 0.6 is 0 Å². The van der Waals surface area contributed by atoms with Crippen LogP contribution in [0.15, 0.2) is 65.5 Å². The molecular formula is C26H26N2O6. The molecule has 0 fully saturated rings. The lowest BCUT2D eigenvalue weighted by molar-refractivity contribution is -0.135. The molecule has 3 rings (SSSR count). The molecule has 8 nitrogen and oxygen atoms in total. The lowest BCUT2D eigenvalue weighted by Gasteiger charge is -2.15. The van der Waals surface area contributed by atoms with Gasteiger partial charge in [-0.25, -0.2) is 4.79 Å². The number of aryl methyl sites for hydroxylation is 1. The third-order valence-corrected chi connectivity index (χ3v) is 5.46. The fraction of sp³-hybridized carbons (Fsp3) is 0.231. The van der Waals surface area contributed by atoms with Gasteiger partial charge < -0.3 is 20.1 Å². The summed E-state index contributed by atoms with van der Waals surface area (Å²) in [5.41, 5.74) is 2.52. The van der Waals surface area contributed by atoms with Gasteiger partial charge in [-0.1, -0.05) is 55.8 Å². The number of aromatic carboxylic acids is 1. The first kappa shape index (κ1) is 24.4. The number of nitrogens with one attached hydrogen (secondary N) is 1. The minimum atomic E-state index is -1.20. The van der Waals surface area contributed by atoms with Crippen LogP contribution in [0.2, 0.25) is 0 Å². The minimum absolute atomic E-state index is 0.117. The van der Waals surface area contributed by atoms with E-state index in [0.29, 0.717) is 12.0 Å². The van der Waals surface area contributed by atoms with Crippen molar-refractivity contribution in [2.45, 2.75) is 32.7 Å². The molecule has 3 aromatic rings. The van der Waals surface area contributed by atoms with Crippen molar-refractivity contribution in [3.63, 3.8) is 0 Å². The van der Waals surface area contributed by atoms with Crippen LogP contribution in [0.3, 0.4) is 0 Å². The molecule has 0 unspecified atom stereocenters. The Morgan fingerprint density at radius 1 is 0.912 bits per heavy atom. The van der Waals surface area contributed by atoms with E-state index in [1.54, 1.807) is 42.5 Å². The molecule has 0 bridgehead atoms. The third kappa shape index (κ3) is 5.78. The van der Waals surface area contributed by atoms with E-state index in [-0.39, 0.29) is 17.7 Å². The fourth-order valence-corrected chi connectivity index (χ4v) is 3.68. The van der Waals surface area contributed by atoms with Gasteiger partial charge in [-0.2, -0.15) is 0 Å². The Kier molecular flexibility index (Phi) is 7.97. The molecule has 1 amide bonds. The number of unbranched alkanes of at least 4 members (excludes halogenated alkanes) is 1. The van der Waals surface area contributed by atoms with Crippen molar-refractivity contribution in [1.29, 1.82) is 0 Å². The van der Waals surface area contributed by atoms with Crippen LogP contribution in [0.5, 0.6) is 0 Å². The molecule has 0 atom stereocenters. The zero-order chi connectivity index (χ0) is 24.7. The number of nitrogens with zero attached hydrogens (tertiary/aromatic N) is 1. The van der Waals surface area contributed by atoms with Crippen molar-refractivity contribution in [2.75, 3.05) is 6.54 Å². The smallest absolute Gasteiger partial charge is 0.336 e. The number of benzene rings is 2. The summed E-state index contributed by atoms with van der Waals surface area (Å²) in [6.45, 7) is 1.69. The zero-order valence-corrected chi connectivity index (χ0v) is 18.8. The van der Waals surface area contributed by atoms with Gasteiger partial charge in [0, 0.05) is 5.69 Å². The number of hydrogen-bond acceptors (Lipinski definition) is 4. The maximum atomic E-state index is 13.1. The molecule has 0 spiro atoms. The average molecular weight is 463 g/mol. The molecule has 1 aromatic heterocycles. The first-order valence-corrected chi connectivity index (χ1v) is 11.0. The van der Waals surface area contributed by atoms with Gasteiger partial charge in [0.05, 0.1) is 12.1 Å². The number of amides is 1. The van der Waals surface area contributed by atoms with E-state index in [0.717, 1.165) is 29.7 Å². The number of rotatable bonds is 10. The molecule has 0 radical (unpaired) electrons. The Morgan fingerprint density at radius 2 is 1.62 bits per heavy atom. The van der Waals surface area contributed by atoms with E-state index in [9.17, 15) is 24.3 Å². The number of carboxylic acid groups (broad SMARTS) is 2. The van der Waals surface area contributed by atoms with Crippen LogP contribution in [0.1, 0.15) is 51.7 Å². The van der Waals surface area contributed by atoms with E-state index >= 15 is 0 Å². The number of carboxylic acids is 2. The van der Waals surface area contributed by atoms with Gasteiger partial charge in [-0.05, 0) is 47.7 Å². The van der Waals surface area contributed by atoms with Gasteiger partial charge in [0.2, 0.25) is 0 Å². The van der Waals surface area contributed by atoms with Crippen molar-refractivity contribution < 1.29 is 24.6 Å². The molecule has 176 valence electrons. The second-order valence-corrected chi connectivity index (χ2v) is 7.86. The first-order chi connectivity index (χ1) is 16.3. The Bertz CT molecular complexity index is 1260. The van der Waals surface area contributed by atoms with Crippen LogP contribution in [-0.2, 0) is 17.8 Å². The van der Waals surface area contributed by atoms with Gasteiger partial charge in [0.1, 0.15) is 12.1 Å². The van der Waals surface area contributed by atoms with Crippen LogP contribution in [0, 0.1) is 0 Å². The molecule has 1 heterocycles. The molecule has 8 heteroatoms. The first-order valence-electron chi connectivity index (χ1n) is 11.0. The summed E-state index contributed by atoms with van der Waals surface area (Å²) >= 11 is 0. The van der Waals surface area contributed by atoms with E-state index in [2.05, 4.69) is 5.32 Å². The molecule has 0 aliphatic carbocycles. The Balaban J connectivity index is 1.93. The highest BCUT2D eigenvalue weighted by molar-refractivity contribution is 5.96. The van der Waals surface area contributed by atoms with E-state index < -0.39 is 29.9 Å². The molecule has 3 N–H and O–H groups in total. The molecular weight excluding hydrogens is 436 g/mol. The maximum absolute atomic E-state index is 13.1. The molecule has 0 aliphatic rings. The van der Waals surface area contributed by atoms with Gasteiger partial charge >= 0.3 is 11.9 Å². The second kappa shape index (κ2) is 11.1. The highest BCUT2D eigenvalue weighted by Gasteiger charge is 2.16. The summed E-state index contributed by atoms with van der Waals surface area (Å²) in [6, 6.07) is 17.1. The third-order valence-electron chi connectivity index (χ3n) is 5.46. The number of aliphatic carboxylic acids is 1. The van der Waals surface area contributed by atoms with Crippen molar-refractivity contribution in [1.82, 2.24) is 9.88 Å². The highest BCUT2D eigenvalue weighted by Crippen LogP contribution is 2.24. The number of aromatic nitrogens is 1. The van der Waals surface area contributed by atoms with Crippen LogP contribution in [0.25, 0.3) is 11.1 Å². The number of hydrogen-bond donors (Lipinski definition) is 3.